The van der Waals surface area contributed by atoms with Crippen LogP contribution in [0.1, 0.15) is 69.7 Å². The van der Waals surface area contributed by atoms with E-state index in [0.29, 0.717) is 25.1 Å². The highest BCUT2D eigenvalue weighted by molar-refractivity contribution is 6.07. The zero-order valence-electron chi connectivity index (χ0n) is 24.6. The molecule has 4 rings (SSSR count). The minimum atomic E-state index is -1.62. The summed E-state index contributed by atoms with van der Waals surface area (Å²) in [5.74, 6) is -0.935. The van der Waals surface area contributed by atoms with E-state index >= 15 is 0 Å². The number of aromatic nitrogens is 3. The van der Waals surface area contributed by atoms with Crippen molar-refractivity contribution >= 4 is 11.6 Å². The van der Waals surface area contributed by atoms with Crippen LogP contribution in [0.4, 0.5) is 5.69 Å². The van der Waals surface area contributed by atoms with Crippen molar-refractivity contribution in [2.45, 2.75) is 65.0 Å². The third-order valence-electron chi connectivity index (χ3n) is 7.80. The summed E-state index contributed by atoms with van der Waals surface area (Å²) in [6, 6.07) is 17.3. The van der Waals surface area contributed by atoms with Crippen molar-refractivity contribution in [2.75, 3.05) is 18.1 Å². The number of aliphatic hydroxyl groups excluding tert-OH is 1. The number of fused-ring (bicyclic) bond motifs is 1. The summed E-state index contributed by atoms with van der Waals surface area (Å²) in [5, 5.41) is 30.2. The molecule has 1 amide bonds. The summed E-state index contributed by atoms with van der Waals surface area (Å²) in [4.78, 5) is 15.4. The number of benzene rings is 2. The molecule has 7 nitrogen and oxygen atoms in total. The van der Waals surface area contributed by atoms with Crippen LogP contribution < -0.4 is 4.90 Å². The highest BCUT2D eigenvalue weighted by atomic mass is 16.3. The second-order valence-electron chi connectivity index (χ2n) is 11.1. The molecule has 7 heteroatoms. The maximum Gasteiger partial charge on any atom is 0.264 e. The van der Waals surface area contributed by atoms with Crippen LogP contribution in [0.5, 0.6) is 0 Å². The summed E-state index contributed by atoms with van der Waals surface area (Å²) < 4.78 is 1.76. The number of aryl methyl sites for hydroxylation is 1. The van der Waals surface area contributed by atoms with Crippen LogP contribution in [0.15, 0.2) is 96.2 Å². The third kappa shape index (κ3) is 6.92. The van der Waals surface area contributed by atoms with Gasteiger partial charge in [0.1, 0.15) is 0 Å². The summed E-state index contributed by atoms with van der Waals surface area (Å²) in [6.45, 7) is 9.15. The van der Waals surface area contributed by atoms with E-state index in [2.05, 4.69) is 43.2 Å². The zero-order chi connectivity index (χ0) is 29.4. The number of carbonyl (C=O) groups is 1. The van der Waals surface area contributed by atoms with Crippen LogP contribution in [0.2, 0.25) is 0 Å². The predicted octanol–water partition coefficient (Wildman–Crippen LogP) is 5.91. The number of carbonyl (C=O) groups excluding carboxylic acids is 1. The molecule has 1 aliphatic heterocycles. The maximum atomic E-state index is 13.7. The van der Waals surface area contributed by atoms with Gasteiger partial charge in [-0.2, -0.15) is 0 Å². The number of rotatable bonds is 13. The minimum absolute atomic E-state index is 0.0452. The standard InChI is InChI=1S/C34H42N4O3/c1-25(2)13-12-14-26(3)20-22-38-32-19-9-8-18-30(32)34(41,33(38)40)27(4)15-10-11-21-37-23-31(35-36-37)29(24-39)28-16-6-5-7-17-28/h5-10,13,15-20,23,27,29,39,41H,11-12,14,21-22,24H2,1-4H3/b15-10+,26-20+/t27-,29?,34+/m1/s1. The Morgan fingerprint density at radius 1 is 1.02 bits per heavy atom. The van der Waals surface area contributed by atoms with Crippen LogP contribution in [0.3, 0.4) is 0 Å². The van der Waals surface area contributed by atoms with E-state index in [9.17, 15) is 15.0 Å². The molecule has 0 saturated heterocycles. The van der Waals surface area contributed by atoms with Gasteiger partial charge >= 0.3 is 0 Å². The molecule has 41 heavy (non-hydrogen) atoms. The van der Waals surface area contributed by atoms with Gasteiger partial charge in [0.2, 0.25) is 0 Å². The van der Waals surface area contributed by atoms with E-state index in [4.69, 9.17) is 0 Å². The molecule has 0 saturated carbocycles. The Morgan fingerprint density at radius 3 is 2.49 bits per heavy atom. The highest BCUT2D eigenvalue weighted by Crippen LogP contribution is 2.45. The van der Waals surface area contributed by atoms with E-state index in [1.807, 2.05) is 79.9 Å². The van der Waals surface area contributed by atoms with Gasteiger partial charge in [0.15, 0.2) is 5.60 Å². The Morgan fingerprint density at radius 2 is 1.76 bits per heavy atom. The van der Waals surface area contributed by atoms with E-state index < -0.39 is 11.5 Å². The Labute approximate surface area is 243 Å². The summed E-state index contributed by atoms with van der Waals surface area (Å²) in [6.07, 6.45) is 12.6. The van der Waals surface area contributed by atoms with Gasteiger partial charge in [-0.25, -0.2) is 0 Å². The first-order valence-electron chi connectivity index (χ1n) is 14.4. The molecule has 3 atom stereocenters. The molecule has 0 bridgehead atoms. The third-order valence-corrected chi connectivity index (χ3v) is 7.80. The highest BCUT2D eigenvalue weighted by Gasteiger charge is 2.52. The second-order valence-corrected chi connectivity index (χ2v) is 11.1. The van der Waals surface area contributed by atoms with Gasteiger partial charge in [-0.15, -0.1) is 5.10 Å². The summed E-state index contributed by atoms with van der Waals surface area (Å²) >= 11 is 0. The Balaban J connectivity index is 1.40. The molecule has 2 N–H and O–H groups in total. The fraction of sp³-hybridized carbons (Fsp3) is 0.382. The monoisotopic (exact) mass is 554 g/mol. The smallest absolute Gasteiger partial charge is 0.264 e. The number of para-hydroxylation sites is 1. The molecule has 0 radical (unpaired) electrons. The number of nitrogens with zero attached hydrogens (tertiary/aromatic N) is 4. The number of aliphatic hydroxyl groups is 2. The normalized spacial score (nSPS) is 18.5. The van der Waals surface area contributed by atoms with Gasteiger partial charge in [-0.1, -0.05) is 96.1 Å². The van der Waals surface area contributed by atoms with Gasteiger partial charge in [0, 0.05) is 30.8 Å². The van der Waals surface area contributed by atoms with Crippen molar-refractivity contribution in [3.8, 4) is 0 Å². The van der Waals surface area contributed by atoms with Crippen molar-refractivity contribution in [3.63, 3.8) is 0 Å². The van der Waals surface area contributed by atoms with Crippen molar-refractivity contribution in [2.24, 2.45) is 5.92 Å². The van der Waals surface area contributed by atoms with Crippen molar-refractivity contribution in [3.05, 3.63) is 113 Å². The summed E-state index contributed by atoms with van der Waals surface area (Å²) in [7, 11) is 0. The molecule has 0 spiro atoms. The molecule has 0 fully saturated rings. The van der Waals surface area contributed by atoms with Crippen LogP contribution in [-0.4, -0.2) is 44.3 Å². The van der Waals surface area contributed by atoms with Crippen molar-refractivity contribution in [1.29, 1.82) is 0 Å². The average molecular weight is 555 g/mol. The SMILES string of the molecule is CC(C)=CCC/C(C)=C/CN1C(=O)[C@](O)([C@H](C)/C=C/CCn2cc(C(CO)c3ccccc3)nn2)c2ccccc21. The quantitative estimate of drug-likeness (QED) is 0.256. The van der Waals surface area contributed by atoms with E-state index in [-0.39, 0.29) is 18.4 Å². The number of anilines is 1. The number of amides is 1. The Kier molecular flexibility index (Phi) is 10.1. The lowest BCUT2D eigenvalue weighted by Gasteiger charge is -2.27. The zero-order valence-corrected chi connectivity index (χ0v) is 24.6. The molecule has 1 aromatic heterocycles. The average Bonchev–Trinajstić information content (AvgIpc) is 3.52. The Bertz CT molecular complexity index is 1400. The van der Waals surface area contributed by atoms with Gasteiger partial charge in [0.05, 0.1) is 23.9 Å². The topological polar surface area (TPSA) is 91.5 Å². The van der Waals surface area contributed by atoms with Crippen LogP contribution in [0.25, 0.3) is 0 Å². The van der Waals surface area contributed by atoms with Gasteiger partial charge in [0.25, 0.3) is 5.91 Å². The first kappa shape index (κ1) is 30.2. The molecular formula is C34H42N4O3. The number of allylic oxidation sites excluding steroid dienone is 4. The largest absolute Gasteiger partial charge is 0.395 e. The molecule has 0 aliphatic carbocycles. The predicted molar refractivity (Wildman–Crippen MR) is 163 cm³/mol. The molecule has 1 aliphatic rings. The number of hydrogen-bond acceptors (Lipinski definition) is 5. The molecule has 1 unspecified atom stereocenters. The van der Waals surface area contributed by atoms with Gasteiger partial charge < -0.3 is 15.1 Å². The molecule has 3 aromatic rings. The molecular weight excluding hydrogens is 512 g/mol. The lowest BCUT2D eigenvalue weighted by molar-refractivity contribution is -0.139. The summed E-state index contributed by atoms with van der Waals surface area (Å²) in [5.41, 5.74) is 4.03. The van der Waals surface area contributed by atoms with Crippen LogP contribution in [0, 0.1) is 5.92 Å². The molecule has 216 valence electrons. The van der Waals surface area contributed by atoms with E-state index in [1.165, 1.54) is 11.1 Å². The second kappa shape index (κ2) is 13.7. The van der Waals surface area contributed by atoms with Gasteiger partial charge in [-0.3, -0.25) is 9.48 Å². The molecule has 2 heterocycles. The number of hydrogen-bond donors (Lipinski definition) is 2. The van der Waals surface area contributed by atoms with E-state index in [0.717, 1.165) is 29.8 Å². The van der Waals surface area contributed by atoms with E-state index in [1.54, 1.807) is 9.58 Å². The van der Waals surface area contributed by atoms with Gasteiger partial charge in [-0.05, 0) is 51.7 Å². The lowest BCUT2D eigenvalue weighted by atomic mass is 9.83. The first-order chi connectivity index (χ1) is 19.8. The Hall–Kier alpha value is -3.81. The fourth-order valence-electron chi connectivity index (χ4n) is 5.30. The van der Waals surface area contributed by atoms with Crippen molar-refractivity contribution < 1.29 is 15.0 Å². The van der Waals surface area contributed by atoms with Crippen LogP contribution >= 0.6 is 0 Å². The fourth-order valence-corrected chi connectivity index (χ4v) is 5.30. The van der Waals surface area contributed by atoms with Crippen molar-refractivity contribution in [1.82, 2.24) is 15.0 Å². The molecule has 2 aromatic carbocycles. The maximum absolute atomic E-state index is 13.7. The minimum Gasteiger partial charge on any atom is -0.395 e. The lowest BCUT2D eigenvalue weighted by Crippen LogP contribution is -2.44. The first-order valence-corrected chi connectivity index (χ1v) is 14.4. The van der Waals surface area contributed by atoms with Crippen LogP contribution in [-0.2, 0) is 16.9 Å².